The lowest BCUT2D eigenvalue weighted by Gasteiger charge is -1.99. The van der Waals surface area contributed by atoms with E-state index in [4.69, 9.17) is 0 Å². The molecule has 0 aliphatic heterocycles. The Kier molecular flexibility index (Phi) is 9.21. The summed E-state index contributed by atoms with van der Waals surface area (Å²) in [6.07, 6.45) is 7.27. The highest BCUT2D eigenvalue weighted by atomic mass is 19.1. The second kappa shape index (κ2) is 11.0. The highest BCUT2D eigenvalue weighted by Crippen LogP contribution is 2.07. The minimum Gasteiger partial charge on any atom is -0.207 e. The lowest BCUT2D eigenvalue weighted by molar-refractivity contribution is 0.626. The summed E-state index contributed by atoms with van der Waals surface area (Å²) in [4.78, 5) is 0. The van der Waals surface area contributed by atoms with E-state index >= 15 is 0 Å². The molecule has 22 heavy (non-hydrogen) atoms. The van der Waals surface area contributed by atoms with Crippen LogP contribution in [-0.4, -0.2) is 0 Å². The van der Waals surface area contributed by atoms with Crippen molar-refractivity contribution >= 4 is 0 Å². The number of benzene rings is 2. The summed E-state index contributed by atoms with van der Waals surface area (Å²) in [5.41, 5.74) is 4.05. The highest BCUT2D eigenvalue weighted by Gasteiger charge is 1.92. The third kappa shape index (κ3) is 7.97. The lowest BCUT2D eigenvalue weighted by Crippen LogP contribution is -1.83. The van der Waals surface area contributed by atoms with Gasteiger partial charge in [-0.1, -0.05) is 68.7 Å². The largest absolute Gasteiger partial charge is 0.207 e. The van der Waals surface area contributed by atoms with Crippen molar-refractivity contribution in [3.05, 3.63) is 71.0 Å². The van der Waals surface area contributed by atoms with Crippen LogP contribution in [-0.2, 0) is 12.8 Å². The Morgan fingerprint density at radius 2 is 1.09 bits per heavy atom. The van der Waals surface area contributed by atoms with E-state index in [2.05, 4.69) is 45.0 Å². The summed E-state index contributed by atoms with van der Waals surface area (Å²) in [5.74, 6) is -0.148. The molecule has 0 aliphatic carbocycles. The van der Waals surface area contributed by atoms with E-state index in [0.717, 1.165) is 6.42 Å². The second-order valence-corrected chi connectivity index (χ2v) is 5.82. The molecular formula is C21H29F. The molecule has 0 heterocycles. The lowest BCUT2D eigenvalue weighted by atomic mass is 10.1. The minimum atomic E-state index is -0.148. The molecule has 0 aliphatic rings. The van der Waals surface area contributed by atoms with Crippen molar-refractivity contribution in [1.82, 2.24) is 0 Å². The fourth-order valence-corrected chi connectivity index (χ4v) is 2.17. The van der Waals surface area contributed by atoms with Gasteiger partial charge in [-0.3, -0.25) is 0 Å². The van der Waals surface area contributed by atoms with E-state index in [0.29, 0.717) is 0 Å². The normalized spacial score (nSPS) is 10.0. The van der Waals surface area contributed by atoms with E-state index in [1.165, 1.54) is 60.9 Å². The molecule has 0 aromatic heterocycles. The summed E-state index contributed by atoms with van der Waals surface area (Å²) < 4.78 is 12.4. The maximum atomic E-state index is 12.4. The molecule has 0 bridgehead atoms. The fourth-order valence-electron chi connectivity index (χ4n) is 2.17. The maximum Gasteiger partial charge on any atom is 0.123 e. The number of hydrogen-bond acceptors (Lipinski definition) is 0. The predicted octanol–water partition coefficient (Wildman–Crippen LogP) is 6.51. The van der Waals surface area contributed by atoms with Gasteiger partial charge in [-0.2, -0.15) is 0 Å². The van der Waals surface area contributed by atoms with Crippen LogP contribution in [0.25, 0.3) is 0 Å². The number of halogens is 1. The molecular weight excluding hydrogens is 271 g/mol. The SMILES string of the molecule is CCCCc1ccc(C)cc1.CCCCc1ccc(F)cc1. The van der Waals surface area contributed by atoms with E-state index in [1.807, 2.05) is 12.1 Å². The van der Waals surface area contributed by atoms with Crippen molar-refractivity contribution in [2.24, 2.45) is 0 Å². The zero-order chi connectivity index (χ0) is 16.2. The number of hydrogen-bond donors (Lipinski definition) is 0. The van der Waals surface area contributed by atoms with E-state index in [1.54, 1.807) is 0 Å². The first-order chi connectivity index (χ1) is 10.7. The third-order valence-electron chi connectivity index (χ3n) is 3.67. The van der Waals surface area contributed by atoms with Crippen molar-refractivity contribution in [3.63, 3.8) is 0 Å². The Balaban J connectivity index is 0.000000220. The second-order valence-electron chi connectivity index (χ2n) is 5.82. The molecule has 0 spiro atoms. The minimum absolute atomic E-state index is 0.148. The van der Waals surface area contributed by atoms with E-state index < -0.39 is 0 Å². The van der Waals surface area contributed by atoms with Gasteiger partial charge in [0, 0.05) is 0 Å². The third-order valence-corrected chi connectivity index (χ3v) is 3.67. The van der Waals surface area contributed by atoms with Crippen LogP contribution in [0.5, 0.6) is 0 Å². The molecule has 0 amide bonds. The molecule has 0 atom stereocenters. The van der Waals surface area contributed by atoms with E-state index in [-0.39, 0.29) is 5.82 Å². The molecule has 1 heteroatoms. The number of aryl methyl sites for hydroxylation is 3. The first-order valence-electron chi connectivity index (χ1n) is 8.45. The van der Waals surface area contributed by atoms with Gasteiger partial charge >= 0.3 is 0 Å². The van der Waals surface area contributed by atoms with Crippen LogP contribution in [0.4, 0.5) is 4.39 Å². The molecule has 0 unspecified atom stereocenters. The predicted molar refractivity (Wildman–Crippen MR) is 94.8 cm³/mol. The summed E-state index contributed by atoms with van der Waals surface area (Å²) >= 11 is 0. The topological polar surface area (TPSA) is 0 Å². The van der Waals surface area contributed by atoms with Crippen molar-refractivity contribution < 1.29 is 4.39 Å². The summed E-state index contributed by atoms with van der Waals surface area (Å²) in [6, 6.07) is 15.6. The highest BCUT2D eigenvalue weighted by molar-refractivity contribution is 5.21. The van der Waals surface area contributed by atoms with Crippen LogP contribution in [0.2, 0.25) is 0 Å². The van der Waals surface area contributed by atoms with Crippen LogP contribution >= 0.6 is 0 Å². The van der Waals surface area contributed by atoms with Crippen molar-refractivity contribution in [2.45, 2.75) is 59.3 Å². The van der Waals surface area contributed by atoms with Gasteiger partial charge < -0.3 is 0 Å². The quantitative estimate of drug-likeness (QED) is 0.570. The standard InChI is InChI=1S/C11H16.C10H13F/c1-3-4-5-11-8-6-10(2)7-9-11;1-2-3-4-9-5-7-10(11)8-6-9/h6-9H,3-5H2,1-2H3;5-8H,2-4H2,1H3. The molecule has 0 saturated carbocycles. The Labute approximate surface area is 135 Å². The van der Waals surface area contributed by atoms with Gasteiger partial charge in [0.25, 0.3) is 0 Å². The summed E-state index contributed by atoms with van der Waals surface area (Å²) in [5, 5.41) is 0. The van der Waals surface area contributed by atoms with E-state index in [9.17, 15) is 4.39 Å². The summed E-state index contributed by atoms with van der Waals surface area (Å²) in [6.45, 7) is 6.52. The molecule has 0 saturated heterocycles. The molecule has 0 radical (unpaired) electrons. The molecule has 0 N–H and O–H groups in total. The number of rotatable bonds is 6. The zero-order valence-corrected chi connectivity index (χ0v) is 14.2. The van der Waals surface area contributed by atoms with Gasteiger partial charge in [0.05, 0.1) is 0 Å². The van der Waals surface area contributed by atoms with Gasteiger partial charge in [-0.25, -0.2) is 4.39 Å². The average Bonchev–Trinajstić information content (AvgIpc) is 2.54. The number of unbranched alkanes of at least 4 members (excludes halogenated alkanes) is 2. The Morgan fingerprint density at radius 1 is 0.682 bits per heavy atom. The van der Waals surface area contributed by atoms with Gasteiger partial charge in [-0.05, 0) is 55.9 Å². The first-order valence-corrected chi connectivity index (χ1v) is 8.45. The molecule has 0 nitrogen and oxygen atoms in total. The van der Waals surface area contributed by atoms with Crippen molar-refractivity contribution in [3.8, 4) is 0 Å². The zero-order valence-electron chi connectivity index (χ0n) is 14.2. The molecule has 2 rings (SSSR count). The smallest absolute Gasteiger partial charge is 0.123 e. The molecule has 0 fully saturated rings. The summed E-state index contributed by atoms with van der Waals surface area (Å²) in [7, 11) is 0. The van der Waals surface area contributed by atoms with Crippen molar-refractivity contribution in [1.29, 1.82) is 0 Å². The first kappa shape index (κ1) is 18.4. The molecule has 2 aromatic carbocycles. The Bertz CT molecular complexity index is 447. The van der Waals surface area contributed by atoms with Crippen LogP contribution in [0.3, 0.4) is 0 Å². The van der Waals surface area contributed by atoms with Gasteiger partial charge in [-0.15, -0.1) is 0 Å². The average molecular weight is 300 g/mol. The Morgan fingerprint density at radius 3 is 1.50 bits per heavy atom. The van der Waals surface area contributed by atoms with Crippen LogP contribution in [0, 0.1) is 12.7 Å². The molecule has 2 aromatic rings. The van der Waals surface area contributed by atoms with Gasteiger partial charge in [0.2, 0.25) is 0 Å². The maximum absolute atomic E-state index is 12.4. The van der Waals surface area contributed by atoms with Crippen molar-refractivity contribution in [2.75, 3.05) is 0 Å². The monoisotopic (exact) mass is 300 g/mol. The van der Waals surface area contributed by atoms with Crippen LogP contribution in [0.15, 0.2) is 48.5 Å². The molecule has 120 valence electrons. The van der Waals surface area contributed by atoms with Gasteiger partial charge in [0.15, 0.2) is 0 Å². The van der Waals surface area contributed by atoms with Crippen LogP contribution < -0.4 is 0 Å². The van der Waals surface area contributed by atoms with Gasteiger partial charge in [0.1, 0.15) is 5.82 Å². The fraction of sp³-hybridized carbons (Fsp3) is 0.429. The van der Waals surface area contributed by atoms with Crippen LogP contribution in [0.1, 0.15) is 56.2 Å². The Hall–Kier alpha value is -1.63.